The lowest BCUT2D eigenvalue weighted by Gasteiger charge is -2.31. The molecular formula is C52H85N15O15S. The van der Waals surface area contributed by atoms with Gasteiger partial charge in [-0.3, -0.25) is 57.7 Å². The molecule has 464 valence electrons. The summed E-state index contributed by atoms with van der Waals surface area (Å²) in [5, 5.41) is 49.3. The van der Waals surface area contributed by atoms with Crippen LogP contribution in [0.5, 0.6) is 0 Å². The first-order valence-electron chi connectivity index (χ1n) is 27.3. The van der Waals surface area contributed by atoms with Crippen LogP contribution in [0.3, 0.4) is 0 Å². The average molecular weight is 1190 g/mol. The van der Waals surface area contributed by atoms with Crippen LogP contribution < -0.4 is 71.2 Å². The van der Waals surface area contributed by atoms with Crippen LogP contribution in [0.15, 0.2) is 35.3 Å². The van der Waals surface area contributed by atoms with E-state index in [4.69, 9.17) is 28.7 Å². The van der Waals surface area contributed by atoms with E-state index in [0.29, 0.717) is 17.7 Å². The zero-order chi connectivity index (χ0) is 62.5. The van der Waals surface area contributed by atoms with Crippen molar-refractivity contribution in [3.8, 4) is 0 Å². The molecule has 0 aromatic heterocycles. The molecule has 10 atom stereocenters. The molecule has 1 fully saturated rings. The number of carbonyl (C=O) groups excluding carboxylic acids is 10. The van der Waals surface area contributed by atoms with Crippen molar-refractivity contribution in [1.82, 2.24) is 47.4 Å². The third-order valence-corrected chi connectivity index (χ3v) is 13.9. The third kappa shape index (κ3) is 25.2. The van der Waals surface area contributed by atoms with Crippen molar-refractivity contribution in [3.05, 3.63) is 35.9 Å². The number of carboxylic acid groups (broad SMARTS) is 2. The average Bonchev–Trinajstić information content (AvgIpc) is 4.10. The maximum absolute atomic E-state index is 14.4. The van der Waals surface area contributed by atoms with Crippen LogP contribution in [-0.2, 0) is 64.0 Å². The lowest BCUT2D eigenvalue weighted by atomic mass is 10.00. The summed E-state index contributed by atoms with van der Waals surface area (Å²) in [6.07, 6.45) is 0.894. The smallest absolute Gasteiger partial charge is 0.326 e. The van der Waals surface area contributed by atoms with E-state index in [1.54, 1.807) is 64.3 Å². The Morgan fingerprint density at radius 3 is 1.72 bits per heavy atom. The molecule has 30 nitrogen and oxygen atoms in total. The van der Waals surface area contributed by atoms with E-state index in [2.05, 4.69) is 47.5 Å². The fraction of sp³-hybridized carbons (Fsp3) is 0.635. The van der Waals surface area contributed by atoms with E-state index < -0.39 is 163 Å². The number of thioether (sulfide) groups is 1. The molecule has 1 aromatic carbocycles. The lowest BCUT2D eigenvalue weighted by molar-refractivity contribution is -0.148. The van der Waals surface area contributed by atoms with E-state index in [9.17, 15) is 72.9 Å². The number of hydrogen-bond donors (Lipinski definition) is 16. The Hall–Kier alpha value is -7.64. The number of amides is 10. The highest BCUT2D eigenvalue weighted by atomic mass is 32.2. The number of benzene rings is 1. The van der Waals surface area contributed by atoms with Crippen molar-refractivity contribution in [2.45, 2.75) is 159 Å². The Morgan fingerprint density at radius 2 is 1.17 bits per heavy atom. The maximum Gasteiger partial charge on any atom is 0.326 e. The minimum Gasteiger partial charge on any atom is -0.481 e. The Bertz CT molecular complexity index is 2420. The minimum atomic E-state index is -1.79. The first-order valence-corrected chi connectivity index (χ1v) is 28.7. The molecule has 1 saturated heterocycles. The molecule has 31 heteroatoms. The number of aliphatic hydroxyl groups is 1. The first-order chi connectivity index (χ1) is 39.1. The van der Waals surface area contributed by atoms with Gasteiger partial charge in [0.1, 0.15) is 54.4 Å². The monoisotopic (exact) mass is 1190 g/mol. The van der Waals surface area contributed by atoms with Crippen LogP contribution >= 0.6 is 11.8 Å². The molecule has 0 spiro atoms. The van der Waals surface area contributed by atoms with Gasteiger partial charge in [-0.15, -0.1) is 0 Å². The zero-order valence-electron chi connectivity index (χ0n) is 47.6. The topological polar surface area (TPSA) is 507 Å². The number of aliphatic imine (C=N–C) groups is 1. The molecule has 1 aromatic rings. The summed E-state index contributed by atoms with van der Waals surface area (Å²) >= 11 is 1.43. The van der Waals surface area contributed by atoms with Crippen molar-refractivity contribution in [3.63, 3.8) is 0 Å². The molecule has 1 aliphatic rings. The number of carboxylic acids is 2. The van der Waals surface area contributed by atoms with Gasteiger partial charge in [-0.05, 0) is 87.3 Å². The predicted molar refractivity (Wildman–Crippen MR) is 305 cm³/mol. The van der Waals surface area contributed by atoms with Gasteiger partial charge in [0.05, 0.1) is 25.5 Å². The number of rotatable bonds is 38. The molecule has 1 aliphatic heterocycles. The van der Waals surface area contributed by atoms with Crippen molar-refractivity contribution in [1.29, 1.82) is 0 Å². The second-order valence-electron chi connectivity index (χ2n) is 20.6. The highest BCUT2D eigenvalue weighted by molar-refractivity contribution is 7.98. The SMILES string of the molecule is CSCC[C@H](N)C(=O)N[C@@H](CO)C(=O)N[C@@H](CC(N)=O)C(=O)N[C@@H](Cc1ccccc1)C(=O)N[C@@H](CCCCN)C(=O)N[C@H](C(=O)N[C@@H](CCCN=C(N)N)C(=O)N[C@@H](CC(=O)O)C(=O)N1CCC[C@H]1C(=O)N[C@H](C(=O)O)C(C)C)C(C)C. The predicted octanol–water partition coefficient (Wildman–Crippen LogP) is -4.90. The van der Waals surface area contributed by atoms with Gasteiger partial charge < -0.3 is 91.4 Å². The van der Waals surface area contributed by atoms with E-state index in [1.165, 1.54) is 11.8 Å². The largest absolute Gasteiger partial charge is 0.481 e. The molecule has 21 N–H and O–H groups in total. The number of aliphatic carboxylic acids is 2. The molecule has 2 rings (SSSR count). The molecule has 0 saturated carbocycles. The van der Waals surface area contributed by atoms with Gasteiger partial charge >= 0.3 is 11.9 Å². The van der Waals surface area contributed by atoms with Gasteiger partial charge in [0.2, 0.25) is 59.1 Å². The Balaban J connectivity index is 2.49. The summed E-state index contributed by atoms with van der Waals surface area (Å²) in [5.41, 5.74) is 28.7. The number of carbonyl (C=O) groups is 12. The fourth-order valence-corrected chi connectivity index (χ4v) is 9.12. The molecule has 0 radical (unpaired) electrons. The molecule has 0 bridgehead atoms. The Labute approximate surface area is 485 Å². The summed E-state index contributed by atoms with van der Waals surface area (Å²) in [7, 11) is 0. The van der Waals surface area contributed by atoms with E-state index in [1.807, 2.05) is 0 Å². The second kappa shape index (κ2) is 36.7. The van der Waals surface area contributed by atoms with Crippen LogP contribution in [0, 0.1) is 11.8 Å². The van der Waals surface area contributed by atoms with Gasteiger partial charge in [-0.2, -0.15) is 11.8 Å². The standard InChI is InChI=1S/C52H85N15O15S/c1-27(2)40(49(79)60-32(16-11-20-58-52(56)57)43(73)63-35(25-39(70)71)50(80)67-21-12-17-37(67)48(78)66-41(28(3)4)51(81)82)65-44(74)31(15-9-10-19-53)59-45(75)33(23-29-13-7-6-8-14-29)61-46(76)34(24-38(55)69)62-47(77)36(26-68)64-42(72)30(54)18-22-83-5/h6-8,13-14,27-28,30-37,40-41,68H,9-12,15-26,53-54H2,1-5H3,(H2,55,69)(H,59,75)(H,60,79)(H,61,76)(H,62,77)(H,63,73)(H,64,72)(H,65,74)(H,66,78)(H,70,71)(H,81,82)(H4,56,57,58)/t30-,31-,32-,33-,34-,35-,36-,37-,40-,41-/m0/s1. The van der Waals surface area contributed by atoms with Crippen molar-refractivity contribution in [2.75, 3.05) is 38.2 Å². The number of aliphatic hydroxyl groups excluding tert-OH is 1. The van der Waals surface area contributed by atoms with Crippen molar-refractivity contribution in [2.24, 2.45) is 45.5 Å². The molecule has 0 aliphatic carbocycles. The molecule has 83 heavy (non-hydrogen) atoms. The second-order valence-corrected chi connectivity index (χ2v) is 21.6. The molecular weight excluding hydrogens is 1110 g/mol. The summed E-state index contributed by atoms with van der Waals surface area (Å²) in [6, 6.07) is -6.32. The number of nitrogens with one attached hydrogen (secondary N) is 8. The van der Waals surface area contributed by atoms with E-state index in [-0.39, 0.29) is 77.0 Å². The number of hydrogen-bond acceptors (Lipinski definition) is 17. The Kier molecular flexibility index (Phi) is 31.6. The summed E-state index contributed by atoms with van der Waals surface area (Å²) in [5.74, 6) is -13.4. The number of nitrogens with zero attached hydrogens (tertiary/aromatic N) is 2. The minimum absolute atomic E-state index is 0.0330. The highest BCUT2D eigenvalue weighted by Gasteiger charge is 2.41. The fourth-order valence-electron chi connectivity index (χ4n) is 8.63. The number of unbranched alkanes of at least 4 members (excludes halogenated alkanes) is 1. The zero-order valence-corrected chi connectivity index (χ0v) is 48.4. The van der Waals surface area contributed by atoms with Crippen LogP contribution in [0.25, 0.3) is 0 Å². The summed E-state index contributed by atoms with van der Waals surface area (Å²) < 4.78 is 0. The van der Waals surface area contributed by atoms with Crippen molar-refractivity contribution < 1.29 is 72.9 Å². The van der Waals surface area contributed by atoms with Crippen molar-refractivity contribution >= 4 is 88.7 Å². The lowest BCUT2D eigenvalue weighted by Crippen LogP contribution is -2.61. The van der Waals surface area contributed by atoms with E-state index in [0.717, 1.165) is 4.90 Å². The van der Waals surface area contributed by atoms with Gasteiger partial charge in [0.15, 0.2) is 5.96 Å². The van der Waals surface area contributed by atoms with Crippen LogP contribution in [0.4, 0.5) is 0 Å². The van der Waals surface area contributed by atoms with Gasteiger partial charge in [0.25, 0.3) is 0 Å². The van der Waals surface area contributed by atoms with Gasteiger partial charge in [-0.25, -0.2) is 4.79 Å². The molecule has 10 amide bonds. The van der Waals surface area contributed by atoms with Gasteiger partial charge in [0, 0.05) is 19.5 Å². The summed E-state index contributed by atoms with van der Waals surface area (Å²) in [6.45, 7) is 5.46. The number of likely N-dealkylation sites (tertiary alicyclic amines) is 1. The van der Waals surface area contributed by atoms with Crippen LogP contribution in [0.2, 0.25) is 0 Å². The van der Waals surface area contributed by atoms with E-state index >= 15 is 0 Å². The number of nitrogens with two attached hydrogens (primary N) is 5. The van der Waals surface area contributed by atoms with Crippen LogP contribution in [0.1, 0.15) is 97.5 Å². The maximum atomic E-state index is 14.4. The van der Waals surface area contributed by atoms with Crippen LogP contribution in [-0.4, -0.2) is 196 Å². The molecule has 1 heterocycles. The van der Waals surface area contributed by atoms with Gasteiger partial charge in [-0.1, -0.05) is 58.0 Å². The number of primary amides is 1. The summed E-state index contributed by atoms with van der Waals surface area (Å²) in [4.78, 5) is 166. The quantitative estimate of drug-likeness (QED) is 0.0168. The molecule has 0 unspecified atom stereocenters. The first kappa shape index (κ1) is 71.5. The number of guanidine groups is 1. The highest BCUT2D eigenvalue weighted by Crippen LogP contribution is 2.21. The normalized spacial score (nSPS) is 16.2. The Morgan fingerprint density at radius 1 is 0.639 bits per heavy atom. The third-order valence-electron chi connectivity index (χ3n) is 13.2.